The Labute approximate surface area is 176 Å². The lowest BCUT2D eigenvalue weighted by atomic mass is 10.0. The SMILES string of the molecule is CCN1C(=O)c2ccccc2Oc2ccc(C(=O)NCC(C)c3ccccc3)cc21. The Kier molecular flexibility index (Phi) is 5.53. The van der Waals surface area contributed by atoms with E-state index in [-0.39, 0.29) is 17.7 Å². The van der Waals surface area contributed by atoms with Gasteiger partial charge in [-0.05, 0) is 48.7 Å². The fourth-order valence-electron chi connectivity index (χ4n) is 3.62. The van der Waals surface area contributed by atoms with Gasteiger partial charge in [0, 0.05) is 18.7 Å². The van der Waals surface area contributed by atoms with Gasteiger partial charge < -0.3 is 15.0 Å². The quantitative estimate of drug-likeness (QED) is 0.656. The highest BCUT2D eigenvalue weighted by Gasteiger charge is 2.27. The van der Waals surface area contributed by atoms with Crippen molar-refractivity contribution in [3.63, 3.8) is 0 Å². The third-order valence-corrected chi connectivity index (χ3v) is 5.35. The van der Waals surface area contributed by atoms with Crippen LogP contribution in [0, 0.1) is 0 Å². The Bertz CT molecular complexity index is 1080. The molecular weight excluding hydrogens is 376 g/mol. The standard InChI is InChI=1S/C25H24N2O3/c1-3-27-21-15-19(24(28)26-16-17(2)18-9-5-4-6-10-18)13-14-23(21)30-22-12-8-7-11-20(22)25(27)29/h4-15,17H,3,16H2,1-2H3,(H,26,28). The topological polar surface area (TPSA) is 58.6 Å². The van der Waals surface area contributed by atoms with Crippen LogP contribution in [0.4, 0.5) is 5.69 Å². The molecule has 5 heteroatoms. The molecule has 152 valence electrons. The fourth-order valence-corrected chi connectivity index (χ4v) is 3.62. The van der Waals surface area contributed by atoms with E-state index < -0.39 is 0 Å². The molecule has 1 unspecified atom stereocenters. The minimum Gasteiger partial charge on any atom is -0.454 e. The number of carbonyl (C=O) groups is 2. The van der Waals surface area contributed by atoms with E-state index in [2.05, 4.69) is 24.4 Å². The van der Waals surface area contributed by atoms with Gasteiger partial charge in [0.25, 0.3) is 11.8 Å². The second kappa shape index (κ2) is 8.41. The molecule has 4 rings (SSSR count). The highest BCUT2D eigenvalue weighted by atomic mass is 16.5. The first kappa shape index (κ1) is 19.7. The molecule has 3 aromatic rings. The third-order valence-electron chi connectivity index (χ3n) is 5.35. The molecule has 1 heterocycles. The van der Waals surface area contributed by atoms with E-state index in [4.69, 9.17) is 4.74 Å². The maximum atomic E-state index is 13.0. The summed E-state index contributed by atoms with van der Waals surface area (Å²) in [5.41, 5.74) is 2.78. The lowest BCUT2D eigenvalue weighted by Gasteiger charge is -2.21. The lowest BCUT2D eigenvalue weighted by Crippen LogP contribution is -2.31. The first-order valence-electron chi connectivity index (χ1n) is 10.1. The molecule has 0 aromatic heterocycles. The molecule has 3 aromatic carbocycles. The predicted molar refractivity (Wildman–Crippen MR) is 117 cm³/mol. The van der Waals surface area contributed by atoms with E-state index in [1.165, 1.54) is 5.56 Å². The highest BCUT2D eigenvalue weighted by Crippen LogP contribution is 2.39. The van der Waals surface area contributed by atoms with Crippen molar-refractivity contribution in [2.45, 2.75) is 19.8 Å². The van der Waals surface area contributed by atoms with Crippen LogP contribution in [0.15, 0.2) is 72.8 Å². The molecule has 0 fully saturated rings. The van der Waals surface area contributed by atoms with Gasteiger partial charge >= 0.3 is 0 Å². The van der Waals surface area contributed by atoms with Gasteiger partial charge in [0.1, 0.15) is 5.75 Å². The summed E-state index contributed by atoms with van der Waals surface area (Å²) in [6, 6.07) is 22.5. The summed E-state index contributed by atoms with van der Waals surface area (Å²) in [6.07, 6.45) is 0. The molecule has 5 nitrogen and oxygen atoms in total. The lowest BCUT2D eigenvalue weighted by molar-refractivity contribution is 0.0948. The van der Waals surface area contributed by atoms with E-state index in [9.17, 15) is 9.59 Å². The van der Waals surface area contributed by atoms with Gasteiger partial charge in [0.05, 0.1) is 11.3 Å². The molecule has 30 heavy (non-hydrogen) atoms. The van der Waals surface area contributed by atoms with Crippen LogP contribution >= 0.6 is 0 Å². The number of hydrogen-bond donors (Lipinski definition) is 1. The molecule has 2 amide bonds. The fraction of sp³-hybridized carbons (Fsp3) is 0.200. The molecule has 0 spiro atoms. The van der Waals surface area contributed by atoms with Crippen LogP contribution in [0.3, 0.4) is 0 Å². The first-order chi connectivity index (χ1) is 14.6. The summed E-state index contributed by atoms with van der Waals surface area (Å²) in [6.45, 7) is 4.98. The van der Waals surface area contributed by atoms with Crippen molar-refractivity contribution in [3.8, 4) is 11.5 Å². The number of amides is 2. The minimum absolute atomic E-state index is 0.137. The molecule has 1 aliphatic rings. The summed E-state index contributed by atoms with van der Waals surface area (Å²) < 4.78 is 6.00. The molecule has 1 atom stereocenters. The van der Waals surface area contributed by atoms with Crippen molar-refractivity contribution in [2.24, 2.45) is 0 Å². The molecule has 1 N–H and O–H groups in total. The van der Waals surface area contributed by atoms with Gasteiger partial charge in [-0.1, -0.05) is 49.4 Å². The van der Waals surface area contributed by atoms with E-state index in [1.807, 2.05) is 37.3 Å². The molecular formula is C25H24N2O3. The van der Waals surface area contributed by atoms with Crippen molar-refractivity contribution in [3.05, 3.63) is 89.5 Å². The van der Waals surface area contributed by atoms with Crippen LogP contribution < -0.4 is 15.0 Å². The zero-order chi connectivity index (χ0) is 21.1. The Morgan fingerprint density at radius 3 is 2.50 bits per heavy atom. The van der Waals surface area contributed by atoms with Gasteiger partial charge in [-0.25, -0.2) is 0 Å². The number of hydrogen-bond acceptors (Lipinski definition) is 3. The molecule has 0 radical (unpaired) electrons. The van der Waals surface area contributed by atoms with Gasteiger partial charge in [0.2, 0.25) is 0 Å². The van der Waals surface area contributed by atoms with E-state index in [0.29, 0.717) is 41.4 Å². The van der Waals surface area contributed by atoms with Crippen molar-refractivity contribution >= 4 is 17.5 Å². The zero-order valence-electron chi connectivity index (χ0n) is 17.1. The van der Waals surface area contributed by atoms with Gasteiger partial charge in [-0.2, -0.15) is 0 Å². The second-order valence-corrected chi connectivity index (χ2v) is 7.35. The van der Waals surface area contributed by atoms with Crippen molar-refractivity contribution in [2.75, 3.05) is 18.0 Å². The Morgan fingerprint density at radius 1 is 1.00 bits per heavy atom. The number of ether oxygens (including phenoxy) is 1. The monoisotopic (exact) mass is 400 g/mol. The van der Waals surface area contributed by atoms with E-state index >= 15 is 0 Å². The summed E-state index contributed by atoms with van der Waals surface area (Å²) in [5.74, 6) is 0.966. The Balaban J connectivity index is 1.57. The largest absolute Gasteiger partial charge is 0.454 e. The van der Waals surface area contributed by atoms with Crippen LogP contribution in [0.1, 0.15) is 46.0 Å². The van der Waals surface area contributed by atoms with Crippen molar-refractivity contribution in [1.29, 1.82) is 0 Å². The maximum absolute atomic E-state index is 13.0. The number of fused-ring (bicyclic) bond motifs is 2. The van der Waals surface area contributed by atoms with Gasteiger partial charge in [0.15, 0.2) is 5.75 Å². The first-order valence-corrected chi connectivity index (χ1v) is 10.1. The van der Waals surface area contributed by atoms with Crippen molar-refractivity contribution in [1.82, 2.24) is 5.32 Å². The number of rotatable bonds is 5. The average molecular weight is 400 g/mol. The molecule has 0 saturated carbocycles. The van der Waals surface area contributed by atoms with Gasteiger partial charge in [-0.3, -0.25) is 9.59 Å². The molecule has 1 aliphatic heterocycles. The molecule has 0 saturated heterocycles. The van der Waals surface area contributed by atoms with Crippen LogP contribution in [0.25, 0.3) is 0 Å². The summed E-state index contributed by atoms with van der Waals surface area (Å²) in [4.78, 5) is 27.5. The Hall–Kier alpha value is -3.60. The van der Waals surface area contributed by atoms with Gasteiger partial charge in [-0.15, -0.1) is 0 Å². The van der Waals surface area contributed by atoms with Crippen LogP contribution in [0.2, 0.25) is 0 Å². The Morgan fingerprint density at radius 2 is 1.73 bits per heavy atom. The highest BCUT2D eigenvalue weighted by molar-refractivity contribution is 6.10. The molecule has 0 bridgehead atoms. The van der Waals surface area contributed by atoms with E-state index in [1.54, 1.807) is 35.2 Å². The normalized spacial score (nSPS) is 13.5. The summed E-state index contributed by atoms with van der Waals surface area (Å²) >= 11 is 0. The molecule has 0 aliphatic carbocycles. The number of anilines is 1. The predicted octanol–water partition coefficient (Wildman–Crippen LogP) is 4.99. The maximum Gasteiger partial charge on any atom is 0.262 e. The van der Waals surface area contributed by atoms with Crippen LogP contribution in [-0.2, 0) is 0 Å². The zero-order valence-corrected chi connectivity index (χ0v) is 17.1. The second-order valence-electron chi connectivity index (χ2n) is 7.35. The number of benzene rings is 3. The van der Waals surface area contributed by atoms with E-state index in [0.717, 1.165) is 0 Å². The summed E-state index contributed by atoms with van der Waals surface area (Å²) in [5, 5.41) is 3.00. The van der Waals surface area contributed by atoms with Crippen molar-refractivity contribution < 1.29 is 14.3 Å². The smallest absolute Gasteiger partial charge is 0.262 e. The third kappa shape index (κ3) is 3.79. The average Bonchev–Trinajstić information content (AvgIpc) is 2.91. The number of carbonyl (C=O) groups excluding carboxylic acids is 2. The number of nitrogens with zero attached hydrogens (tertiary/aromatic N) is 1. The van der Waals surface area contributed by atoms with Crippen LogP contribution in [-0.4, -0.2) is 24.9 Å². The summed E-state index contributed by atoms with van der Waals surface area (Å²) in [7, 11) is 0. The number of nitrogens with one attached hydrogen (secondary N) is 1. The van der Waals surface area contributed by atoms with Crippen LogP contribution in [0.5, 0.6) is 11.5 Å². The number of para-hydroxylation sites is 1. The minimum atomic E-state index is -0.175.